The summed E-state index contributed by atoms with van der Waals surface area (Å²) in [4.78, 5) is 0. The van der Waals surface area contributed by atoms with Gasteiger partial charge in [-0.05, 0) is 59.7 Å². The predicted octanol–water partition coefficient (Wildman–Crippen LogP) is 13.7. The van der Waals surface area contributed by atoms with Crippen molar-refractivity contribution >= 4 is 11.4 Å². The van der Waals surface area contributed by atoms with Crippen LogP contribution in [-0.4, -0.2) is 48.4 Å². The number of hydrogen-bond acceptors (Lipinski definition) is 4. The number of hydrogen-bond donors (Lipinski definition) is 2. The van der Waals surface area contributed by atoms with Crippen LogP contribution in [0.5, 0.6) is 23.0 Å². The van der Waals surface area contributed by atoms with E-state index in [1.165, 1.54) is 0 Å². The Hall–Kier alpha value is -5.60. The Bertz CT molecular complexity index is 2120. The summed E-state index contributed by atoms with van der Waals surface area (Å²) in [5.74, 6) is -44.6. The third-order valence-electron chi connectivity index (χ3n) is 8.91. The lowest BCUT2D eigenvalue weighted by molar-refractivity contribution is -0.399. The molecule has 4 nitrogen and oxygen atoms in total. The van der Waals surface area contributed by atoms with Gasteiger partial charge in [0.25, 0.3) is 0 Å². The van der Waals surface area contributed by atoms with Crippen LogP contribution in [0.1, 0.15) is 22.3 Å². The second kappa shape index (κ2) is 15.3. The van der Waals surface area contributed by atoms with Gasteiger partial charge >= 0.3 is 60.2 Å². The number of anilines is 2. The number of ether oxygens (including phenoxy) is 2. The molecule has 0 saturated heterocycles. The SMILES string of the molecule is Nc1cc(Oc2ccc(C(c3ccc(Oc4ccc(C(F)(F)C(F)(F)C(F)(F)C(F)(F)F)c(N)c4)cc3)(C(F)(F)F)C(F)(F)F)cc2)ccc1C(F)(F)C(F)(F)C(F)(F)C(F)(F)F. The number of benzene rings is 4. The Morgan fingerprint density at radius 1 is 0.302 bits per heavy atom. The Kier molecular flexibility index (Phi) is 12.1. The van der Waals surface area contributed by atoms with Crippen molar-refractivity contribution in [3.05, 3.63) is 107 Å². The van der Waals surface area contributed by atoms with Crippen molar-refractivity contribution in [3.63, 3.8) is 0 Å². The van der Waals surface area contributed by atoms with E-state index in [-0.39, 0.29) is 60.7 Å². The van der Waals surface area contributed by atoms with Crippen LogP contribution >= 0.6 is 0 Å². The molecule has 0 amide bonds. The van der Waals surface area contributed by atoms with Gasteiger partial charge in [0.15, 0.2) is 0 Å². The maximum Gasteiger partial charge on any atom is 0.460 e. The van der Waals surface area contributed by atoms with Crippen LogP contribution in [0.15, 0.2) is 84.9 Å². The highest BCUT2D eigenvalue weighted by atomic mass is 19.4. The normalized spacial score (nSPS) is 14.5. The van der Waals surface area contributed by atoms with Gasteiger partial charge in [-0.3, -0.25) is 0 Å². The van der Waals surface area contributed by atoms with E-state index in [9.17, 15) is 105 Å². The molecule has 0 aliphatic heterocycles. The number of nitrogen functional groups attached to an aromatic ring is 2. The number of nitrogens with two attached hydrogens (primary N) is 2. The average Bonchev–Trinajstić information content (AvgIpc) is 3.10. The predicted molar refractivity (Wildman–Crippen MR) is 167 cm³/mol. The number of alkyl halides is 24. The molecule has 4 aromatic rings. The topological polar surface area (TPSA) is 70.5 Å². The largest absolute Gasteiger partial charge is 0.460 e. The molecule has 0 aliphatic carbocycles. The van der Waals surface area contributed by atoms with Crippen LogP contribution in [0.4, 0.5) is 117 Å². The molecule has 0 saturated carbocycles. The van der Waals surface area contributed by atoms with E-state index in [1.54, 1.807) is 0 Å². The van der Waals surface area contributed by atoms with E-state index >= 15 is 0 Å². The molecule has 0 bridgehead atoms. The van der Waals surface area contributed by atoms with Gasteiger partial charge in [-0.25, -0.2) is 0 Å². The van der Waals surface area contributed by atoms with Gasteiger partial charge in [0.1, 0.15) is 23.0 Å². The van der Waals surface area contributed by atoms with Gasteiger partial charge in [0, 0.05) is 23.5 Å². The molecule has 0 fully saturated rings. The highest BCUT2D eigenvalue weighted by Crippen LogP contribution is 2.60. The van der Waals surface area contributed by atoms with E-state index in [0.29, 0.717) is 24.3 Å². The first kappa shape index (κ1) is 50.0. The first-order chi connectivity index (χ1) is 28.1. The molecule has 0 atom stereocenters. The van der Waals surface area contributed by atoms with E-state index in [1.807, 2.05) is 0 Å². The fraction of sp³-hybridized carbons (Fsp3) is 0.314. The summed E-state index contributed by atoms with van der Waals surface area (Å²) in [6.07, 6.45) is -26.9. The molecule has 4 N–H and O–H groups in total. The summed E-state index contributed by atoms with van der Waals surface area (Å²) >= 11 is 0. The molecule has 348 valence electrons. The molecule has 4 aromatic carbocycles. The standard InChI is InChI=1S/C35H18F24N2O2/c36-26(37,28(40,41)30(44,45)34(54,55)56)21-11-9-19(13-23(21)60)62-17-5-1-15(2-6-17)25(32(48,49)50,33(51,52)53)16-3-7-18(8-4-16)63-20-10-12-22(24(61)14-20)27(38,39)29(42,43)31(46,47)35(57,58)59/h1-14H,60-61H2. The minimum Gasteiger partial charge on any atom is -0.457 e. The zero-order valence-electron chi connectivity index (χ0n) is 29.6. The third-order valence-corrected chi connectivity index (χ3v) is 8.91. The molecular weight excluding hydrogens is 936 g/mol. The van der Waals surface area contributed by atoms with E-state index < -0.39 is 122 Å². The second-order valence-electron chi connectivity index (χ2n) is 12.9. The van der Waals surface area contributed by atoms with E-state index in [4.69, 9.17) is 20.9 Å². The van der Waals surface area contributed by atoms with E-state index in [2.05, 4.69) is 0 Å². The molecular formula is C35H18F24N2O2. The summed E-state index contributed by atoms with van der Waals surface area (Å²) in [7, 11) is 0. The monoisotopic (exact) mass is 954 g/mol. The summed E-state index contributed by atoms with van der Waals surface area (Å²) in [6.45, 7) is 0. The summed E-state index contributed by atoms with van der Waals surface area (Å²) in [5.41, 5.74) is -5.57. The third kappa shape index (κ3) is 8.00. The molecule has 63 heavy (non-hydrogen) atoms. The van der Waals surface area contributed by atoms with Crippen LogP contribution < -0.4 is 20.9 Å². The highest BCUT2D eigenvalue weighted by molar-refractivity contribution is 5.57. The minimum atomic E-state index is -7.30. The Morgan fingerprint density at radius 3 is 0.778 bits per heavy atom. The summed E-state index contributed by atoms with van der Waals surface area (Å²) in [6, 6.07) is 2.76. The van der Waals surface area contributed by atoms with Crippen molar-refractivity contribution < 1.29 is 115 Å². The lowest BCUT2D eigenvalue weighted by atomic mass is 9.73. The Balaban J connectivity index is 1.65. The van der Waals surface area contributed by atoms with Gasteiger partial charge in [0.05, 0.1) is 11.1 Å². The van der Waals surface area contributed by atoms with Crippen LogP contribution in [0.3, 0.4) is 0 Å². The lowest BCUT2D eigenvalue weighted by Gasteiger charge is -2.38. The number of halogens is 24. The van der Waals surface area contributed by atoms with Gasteiger partial charge in [-0.1, -0.05) is 24.3 Å². The number of rotatable bonds is 12. The average molecular weight is 954 g/mol. The molecule has 28 heteroatoms. The van der Waals surface area contributed by atoms with Crippen LogP contribution in [0.2, 0.25) is 0 Å². The highest BCUT2D eigenvalue weighted by Gasteiger charge is 2.83. The quantitative estimate of drug-likeness (QED) is 0.110. The van der Waals surface area contributed by atoms with Gasteiger partial charge in [0.2, 0.25) is 5.41 Å². The zero-order valence-corrected chi connectivity index (χ0v) is 29.6. The van der Waals surface area contributed by atoms with Crippen LogP contribution in [0, 0.1) is 0 Å². The lowest BCUT2D eigenvalue weighted by Crippen LogP contribution is -2.59. The molecule has 0 spiro atoms. The maximum absolute atomic E-state index is 14.7. The molecule has 0 heterocycles. The molecule has 4 rings (SSSR count). The summed E-state index contributed by atoms with van der Waals surface area (Å²) < 4.78 is 340. The first-order valence-electron chi connectivity index (χ1n) is 16.0. The second-order valence-corrected chi connectivity index (χ2v) is 12.9. The van der Waals surface area contributed by atoms with Crippen molar-refractivity contribution in [2.24, 2.45) is 0 Å². The van der Waals surface area contributed by atoms with Crippen LogP contribution in [-0.2, 0) is 17.3 Å². The fourth-order valence-corrected chi connectivity index (χ4v) is 5.67. The van der Waals surface area contributed by atoms with Gasteiger partial charge in [-0.2, -0.15) is 105 Å². The van der Waals surface area contributed by atoms with Gasteiger partial charge < -0.3 is 20.9 Å². The smallest absolute Gasteiger partial charge is 0.457 e. The zero-order chi connectivity index (χ0) is 48.6. The van der Waals surface area contributed by atoms with Crippen molar-refractivity contribution in [2.45, 2.75) is 65.7 Å². The van der Waals surface area contributed by atoms with Gasteiger partial charge in [-0.15, -0.1) is 0 Å². The molecule has 0 aliphatic rings. The maximum atomic E-state index is 14.7. The van der Waals surface area contributed by atoms with Crippen molar-refractivity contribution in [1.29, 1.82) is 0 Å². The van der Waals surface area contributed by atoms with Crippen LogP contribution in [0.25, 0.3) is 0 Å². The fourth-order valence-electron chi connectivity index (χ4n) is 5.67. The Labute approximate surface area is 333 Å². The van der Waals surface area contributed by atoms with Crippen molar-refractivity contribution in [2.75, 3.05) is 11.5 Å². The van der Waals surface area contributed by atoms with E-state index in [0.717, 1.165) is 0 Å². The van der Waals surface area contributed by atoms with Crippen molar-refractivity contribution in [1.82, 2.24) is 0 Å². The molecule has 0 unspecified atom stereocenters. The first-order valence-corrected chi connectivity index (χ1v) is 16.0. The van der Waals surface area contributed by atoms with Crippen molar-refractivity contribution in [3.8, 4) is 23.0 Å². The molecule has 0 radical (unpaired) electrons. The minimum absolute atomic E-state index is 0.161. The molecule has 0 aromatic heterocycles. The summed E-state index contributed by atoms with van der Waals surface area (Å²) in [5, 5.41) is 0. The Morgan fingerprint density at radius 2 is 0.556 bits per heavy atom.